The van der Waals surface area contributed by atoms with Gasteiger partial charge < -0.3 is 15.3 Å². The first-order valence-corrected chi connectivity index (χ1v) is 6.75. The molecule has 0 aromatic heterocycles. The van der Waals surface area contributed by atoms with Crippen molar-refractivity contribution >= 4 is 12.0 Å². The number of nitrogens with one attached hydrogen (secondary N) is 1. The van der Waals surface area contributed by atoms with E-state index in [1.165, 1.54) is 0 Å². The zero-order valence-corrected chi connectivity index (χ0v) is 11.5. The third-order valence-electron chi connectivity index (χ3n) is 3.86. The van der Waals surface area contributed by atoms with E-state index >= 15 is 0 Å². The molecule has 0 aliphatic heterocycles. The first-order valence-electron chi connectivity index (χ1n) is 6.75. The molecule has 1 aliphatic carbocycles. The number of aliphatic carboxylic acids is 1. The van der Waals surface area contributed by atoms with E-state index in [4.69, 9.17) is 0 Å². The summed E-state index contributed by atoms with van der Waals surface area (Å²) in [5.41, 5.74) is -1.01. The predicted molar refractivity (Wildman–Crippen MR) is 69.5 cm³/mol. The van der Waals surface area contributed by atoms with Crippen LogP contribution in [-0.4, -0.2) is 40.6 Å². The van der Waals surface area contributed by atoms with E-state index in [0.717, 1.165) is 12.8 Å². The Hall–Kier alpha value is -1.26. The van der Waals surface area contributed by atoms with Crippen molar-refractivity contribution in [1.29, 1.82) is 0 Å². The Morgan fingerprint density at radius 1 is 1.39 bits per heavy atom. The molecule has 0 radical (unpaired) electrons. The lowest BCUT2D eigenvalue weighted by Gasteiger charge is -2.40. The van der Waals surface area contributed by atoms with Gasteiger partial charge in [-0.1, -0.05) is 20.3 Å². The summed E-state index contributed by atoms with van der Waals surface area (Å²) in [6.45, 7) is 7.36. The molecule has 0 bridgehead atoms. The minimum atomic E-state index is -1.01. The Balaban J connectivity index is 2.59. The molecule has 1 fully saturated rings. The molecule has 1 saturated carbocycles. The average Bonchev–Trinajstić information content (AvgIpc) is 2.29. The highest BCUT2D eigenvalue weighted by Gasteiger charge is 2.46. The van der Waals surface area contributed by atoms with Gasteiger partial charge in [0.2, 0.25) is 0 Å². The van der Waals surface area contributed by atoms with Crippen LogP contribution in [0.15, 0.2) is 0 Å². The lowest BCUT2D eigenvalue weighted by Crippen LogP contribution is -2.61. The first kappa shape index (κ1) is 14.8. The standard InChI is InChI=1S/C13H24N2O3/c1-4-10(3)9-15(5-2)12(18)14-13(11(16)17)7-6-8-13/h10H,4-9H2,1-3H3,(H,14,18)(H,16,17). The highest BCUT2D eigenvalue weighted by Crippen LogP contribution is 2.32. The fourth-order valence-electron chi connectivity index (χ4n) is 2.07. The smallest absolute Gasteiger partial charge is 0.329 e. The van der Waals surface area contributed by atoms with E-state index in [2.05, 4.69) is 19.2 Å². The maximum Gasteiger partial charge on any atom is 0.329 e. The zero-order valence-electron chi connectivity index (χ0n) is 11.5. The summed E-state index contributed by atoms with van der Waals surface area (Å²) in [4.78, 5) is 25.0. The lowest BCUT2D eigenvalue weighted by molar-refractivity contribution is -0.148. The quantitative estimate of drug-likeness (QED) is 0.764. The third kappa shape index (κ3) is 3.15. The number of nitrogens with zero attached hydrogens (tertiary/aromatic N) is 1. The van der Waals surface area contributed by atoms with Crippen LogP contribution in [0.1, 0.15) is 46.5 Å². The third-order valence-corrected chi connectivity index (χ3v) is 3.86. The molecule has 18 heavy (non-hydrogen) atoms. The van der Waals surface area contributed by atoms with E-state index in [-0.39, 0.29) is 6.03 Å². The summed E-state index contributed by atoms with van der Waals surface area (Å²) in [7, 11) is 0. The number of amides is 2. The number of carboxylic acids is 1. The van der Waals surface area contributed by atoms with Crippen LogP contribution in [0.25, 0.3) is 0 Å². The second-order valence-electron chi connectivity index (χ2n) is 5.22. The Bertz CT molecular complexity index is 313. The van der Waals surface area contributed by atoms with Gasteiger partial charge in [0.05, 0.1) is 0 Å². The number of carboxylic acid groups (broad SMARTS) is 1. The van der Waals surface area contributed by atoms with Gasteiger partial charge in [0.25, 0.3) is 0 Å². The molecule has 2 N–H and O–H groups in total. The van der Waals surface area contributed by atoms with Gasteiger partial charge in [-0.05, 0) is 32.1 Å². The van der Waals surface area contributed by atoms with Gasteiger partial charge in [-0.25, -0.2) is 9.59 Å². The summed E-state index contributed by atoms with van der Waals surface area (Å²) in [6.07, 6.45) is 2.95. The molecule has 1 atom stereocenters. The van der Waals surface area contributed by atoms with E-state index in [1.54, 1.807) is 4.90 Å². The minimum Gasteiger partial charge on any atom is -0.480 e. The van der Waals surface area contributed by atoms with Crippen molar-refractivity contribution in [2.24, 2.45) is 5.92 Å². The number of hydrogen-bond donors (Lipinski definition) is 2. The number of carbonyl (C=O) groups is 2. The second-order valence-corrected chi connectivity index (χ2v) is 5.22. The molecule has 5 heteroatoms. The van der Waals surface area contributed by atoms with Gasteiger partial charge in [0.1, 0.15) is 5.54 Å². The molecule has 0 aromatic rings. The SMILES string of the molecule is CCC(C)CN(CC)C(=O)NC1(C(=O)O)CCC1. The highest BCUT2D eigenvalue weighted by atomic mass is 16.4. The number of hydrogen-bond acceptors (Lipinski definition) is 2. The Morgan fingerprint density at radius 3 is 2.33 bits per heavy atom. The summed E-state index contributed by atoms with van der Waals surface area (Å²) < 4.78 is 0. The molecule has 1 aliphatic rings. The number of urea groups is 1. The van der Waals surface area contributed by atoms with Gasteiger partial charge in [0, 0.05) is 13.1 Å². The maximum atomic E-state index is 12.1. The van der Waals surface area contributed by atoms with Crippen molar-refractivity contribution in [3.8, 4) is 0 Å². The Labute approximate surface area is 109 Å². The molecule has 0 spiro atoms. The lowest BCUT2D eigenvalue weighted by atomic mass is 9.77. The topological polar surface area (TPSA) is 69.6 Å². The van der Waals surface area contributed by atoms with Crippen LogP contribution < -0.4 is 5.32 Å². The molecule has 0 aromatic carbocycles. The summed E-state index contributed by atoms with van der Waals surface area (Å²) in [5, 5.41) is 11.9. The van der Waals surface area contributed by atoms with Crippen molar-refractivity contribution in [2.45, 2.75) is 52.0 Å². The van der Waals surface area contributed by atoms with Crippen LogP contribution in [0.3, 0.4) is 0 Å². The van der Waals surface area contributed by atoms with Crippen LogP contribution in [0, 0.1) is 5.92 Å². The average molecular weight is 256 g/mol. The molecule has 0 heterocycles. The molecule has 1 rings (SSSR count). The van der Waals surface area contributed by atoms with Crippen LogP contribution >= 0.6 is 0 Å². The molecule has 2 amide bonds. The van der Waals surface area contributed by atoms with E-state index in [1.807, 2.05) is 6.92 Å². The summed E-state index contributed by atoms with van der Waals surface area (Å²) >= 11 is 0. The fourth-order valence-corrected chi connectivity index (χ4v) is 2.07. The van der Waals surface area contributed by atoms with Crippen molar-refractivity contribution in [3.63, 3.8) is 0 Å². The van der Waals surface area contributed by atoms with Crippen molar-refractivity contribution in [3.05, 3.63) is 0 Å². The Kier molecular flexibility index (Phi) is 4.99. The maximum absolute atomic E-state index is 12.1. The van der Waals surface area contributed by atoms with Crippen molar-refractivity contribution in [1.82, 2.24) is 10.2 Å². The second kappa shape index (κ2) is 6.07. The van der Waals surface area contributed by atoms with E-state index in [0.29, 0.717) is 31.8 Å². The van der Waals surface area contributed by atoms with Gasteiger partial charge >= 0.3 is 12.0 Å². The summed E-state index contributed by atoms with van der Waals surface area (Å²) in [6, 6.07) is -0.250. The van der Waals surface area contributed by atoms with E-state index < -0.39 is 11.5 Å². The van der Waals surface area contributed by atoms with Crippen molar-refractivity contribution < 1.29 is 14.7 Å². The van der Waals surface area contributed by atoms with Crippen LogP contribution in [0.2, 0.25) is 0 Å². The predicted octanol–water partition coefficient (Wildman–Crippen LogP) is 2.07. The normalized spacial score (nSPS) is 18.6. The number of carbonyl (C=O) groups excluding carboxylic acids is 1. The first-order chi connectivity index (χ1) is 8.45. The Morgan fingerprint density at radius 2 is 2.00 bits per heavy atom. The van der Waals surface area contributed by atoms with Gasteiger partial charge in [-0.3, -0.25) is 0 Å². The monoisotopic (exact) mass is 256 g/mol. The fraction of sp³-hybridized carbons (Fsp3) is 0.846. The van der Waals surface area contributed by atoms with Crippen LogP contribution in [-0.2, 0) is 4.79 Å². The molecule has 0 saturated heterocycles. The number of rotatable bonds is 6. The molecular weight excluding hydrogens is 232 g/mol. The molecule has 1 unspecified atom stereocenters. The molecular formula is C13H24N2O3. The van der Waals surface area contributed by atoms with Gasteiger partial charge in [-0.2, -0.15) is 0 Å². The molecule has 5 nitrogen and oxygen atoms in total. The largest absolute Gasteiger partial charge is 0.480 e. The summed E-state index contributed by atoms with van der Waals surface area (Å²) in [5.74, 6) is -0.487. The van der Waals surface area contributed by atoms with Crippen LogP contribution in [0.5, 0.6) is 0 Å². The molecule has 104 valence electrons. The highest BCUT2D eigenvalue weighted by molar-refractivity contribution is 5.87. The zero-order chi connectivity index (χ0) is 13.8. The van der Waals surface area contributed by atoms with Gasteiger partial charge in [-0.15, -0.1) is 0 Å². The van der Waals surface area contributed by atoms with Crippen LogP contribution in [0.4, 0.5) is 4.79 Å². The van der Waals surface area contributed by atoms with Crippen molar-refractivity contribution in [2.75, 3.05) is 13.1 Å². The minimum absolute atomic E-state index is 0.250. The van der Waals surface area contributed by atoms with E-state index in [9.17, 15) is 14.7 Å². The van der Waals surface area contributed by atoms with Gasteiger partial charge in [0.15, 0.2) is 0 Å².